The minimum atomic E-state index is -0.937. The molecule has 0 aliphatic carbocycles. The number of nitrogens with two attached hydrogens (primary N) is 1. The van der Waals surface area contributed by atoms with Crippen LogP contribution in [0.1, 0.15) is 32.5 Å². The van der Waals surface area contributed by atoms with Gasteiger partial charge in [-0.05, 0) is 20.8 Å². The molecule has 1 unspecified atom stereocenters. The van der Waals surface area contributed by atoms with Gasteiger partial charge in [0.2, 0.25) is 6.41 Å². The molecule has 1 amide bonds. The van der Waals surface area contributed by atoms with Crippen molar-refractivity contribution in [3.63, 3.8) is 0 Å². The largest absolute Gasteiger partial charge is 0.459 e. The number of anilines is 1. The average Bonchev–Trinajstić information content (AvgIpc) is 2.63. The molecule has 0 fully saturated rings. The molecule has 94 valence electrons. The molecule has 7 heteroatoms. The number of amides is 1. The Kier molecular flexibility index (Phi) is 4.19. The molecular weight excluding hydrogens is 242 g/mol. The number of thiazole rings is 1. The van der Waals surface area contributed by atoms with Crippen molar-refractivity contribution in [2.24, 2.45) is 5.73 Å². The van der Waals surface area contributed by atoms with E-state index in [-0.39, 0.29) is 0 Å². The molecule has 3 N–H and O–H groups in total. The van der Waals surface area contributed by atoms with Crippen molar-refractivity contribution in [3.05, 3.63) is 11.1 Å². The van der Waals surface area contributed by atoms with Crippen LogP contribution in [0.15, 0.2) is 5.38 Å². The molecule has 1 aromatic rings. The van der Waals surface area contributed by atoms with Crippen molar-refractivity contribution < 1.29 is 14.3 Å². The second-order valence-corrected chi connectivity index (χ2v) is 5.21. The van der Waals surface area contributed by atoms with E-state index in [9.17, 15) is 9.59 Å². The summed E-state index contributed by atoms with van der Waals surface area (Å²) in [7, 11) is 0. The van der Waals surface area contributed by atoms with Crippen molar-refractivity contribution in [2.75, 3.05) is 5.32 Å². The van der Waals surface area contributed by atoms with Crippen LogP contribution < -0.4 is 11.1 Å². The van der Waals surface area contributed by atoms with Gasteiger partial charge < -0.3 is 15.8 Å². The molecule has 0 saturated heterocycles. The molecule has 0 spiro atoms. The van der Waals surface area contributed by atoms with Gasteiger partial charge in [-0.1, -0.05) is 0 Å². The van der Waals surface area contributed by atoms with Gasteiger partial charge in [-0.2, -0.15) is 0 Å². The zero-order chi connectivity index (χ0) is 13.1. The fraction of sp³-hybridized carbons (Fsp3) is 0.500. The van der Waals surface area contributed by atoms with E-state index in [1.54, 1.807) is 26.2 Å². The maximum Gasteiger partial charge on any atom is 0.329 e. The Bertz CT molecular complexity index is 411. The lowest BCUT2D eigenvalue weighted by molar-refractivity contribution is -0.156. The Morgan fingerprint density at radius 1 is 1.65 bits per heavy atom. The Morgan fingerprint density at radius 3 is 2.82 bits per heavy atom. The van der Waals surface area contributed by atoms with Crippen LogP contribution in [0.2, 0.25) is 0 Å². The van der Waals surface area contributed by atoms with E-state index < -0.39 is 17.6 Å². The quantitative estimate of drug-likeness (QED) is 0.621. The number of nitrogens with one attached hydrogen (secondary N) is 1. The number of nitrogens with zero attached hydrogens (tertiary/aromatic N) is 1. The van der Waals surface area contributed by atoms with Gasteiger partial charge in [-0.3, -0.25) is 4.79 Å². The summed E-state index contributed by atoms with van der Waals surface area (Å²) in [6, 6.07) is -0.937. The summed E-state index contributed by atoms with van der Waals surface area (Å²) in [5.41, 5.74) is 5.50. The van der Waals surface area contributed by atoms with Crippen LogP contribution in [0.4, 0.5) is 5.13 Å². The maximum absolute atomic E-state index is 11.7. The van der Waals surface area contributed by atoms with Gasteiger partial charge in [0, 0.05) is 5.38 Å². The summed E-state index contributed by atoms with van der Waals surface area (Å²) < 4.78 is 5.13. The number of aromatic nitrogens is 1. The second-order valence-electron chi connectivity index (χ2n) is 4.35. The van der Waals surface area contributed by atoms with E-state index in [2.05, 4.69) is 10.3 Å². The molecule has 1 atom stereocenters. The molecule has 0 aliphatic heterocycles. The first-order valence-corrected chi connectivity index (χ1v) is 5.85. The summed E-state index contributed by atoms with van der Waals surface area (Å²) in [6.07, 6.45) is 0.515. The third-order valence-electron chi connectivity index (χ3n) is 1.68. The monoisotopic (exact) mass is 257 g/mol. The van der Waals surface area contributed by atoms with Crippen LogP contribution in [0.3, 0.4) is 0 Å². The smallest absolute Gasteiger partial charge is 0.329 e. The minimum Gasteiger partial charge on any atom is -0.459 e. The summed E-state index contributed by atoms with van der Waals surface area (Å²) >= 11 is 1.20. The number of esters is 1. The van der Waals surface area contributed by atoms with Crippen molar-refractivity contribution in [3.8, 4) is 0 Å². The van der Waals surface area contributed by atoms with Crippen molar-refractivity contribution in [1.29, 1.82) is 0 Å². The minimum absolute atomic E-state index is 0.383. The molecular formula is C10H15N3O3S. The van der Waals surface area contributed by atoms with E-state index >= 15 is 0 Å². The first-order chi connectivity index (χ1) is 7.83. The fourth-order valence-corrected chi connectivity index (χ4v) is 1.74. The van der Waals surface area contributed by atoms with Gasteiger partial charge >= 0.3 is 5.97 Å². The standard InChI is InChI=1S/C10H15N3O3S/c1-10(2,3)16-8(15)7(11)6-4-17-9(13-6)12-5-14/h4-5,7H,11H2,1-3H3,(H,12,13,14). The van der Waals surface area contributed by atoms with E-state index in [0.717, 1.165) is 0 Å². The highest BCUT2D eigenvalue weighted by Crippen LogP contribution is 2.21. The van der Waals surface area contributed by atoms with Crippen LogP contribution in [-0.2, 0) is 14.3 Å². The normalized spacial score (nSPS) is 12.9. The average molecular weight is 257 g/mol. The number of carbonyl (C=O) groups excluding carboxylic acids is 2. The zero-order valence-electron chi connectivity index (χ0n) is 9.89. The second kappa shape index (κ2) is 5.24. The van der Waals surface area contributed by atoms with Gasteiger partial charge in [0.15, 0.2) is 5.13 Å². The Hall–Kier alpha value is -1.47. The van der Waals surface area contributed by atoms with Crippen molar-refractivity contribution in [1.82, 2.24) is 4.98 Å². The lowest BCUT2D eigenvalue weighted by atomic mass is 10.2. The molecule has 0 radical (unpaired) electrons. The van der Waals surface area contributed by atoms with Crippen LogP contribution in [0.5, 0.6) is 0 Å². The summed E-state index contributed by atoms with van der Waals surface area (Å²) in [5, 5.41) is 4.40. The van der Waals surface area contributed by atoms with E-state index in [1.807, 2.05) is 0 Å². The Morgan fingerprint density at radius 2 is 2.29 bits per heavy atom. The first-order valence-electron chi connectivity index (χ1n) is 4.97. The molecule has 0 bridgehead atoms. The van der Waals surface area contributed by atoms with E-state index in [1.165, 1.54) is 11.3 Å². The van der Waals surface area contributed by atoms with Gasteiger partial charge in [-0.25, -0.2) is 9.78 Å². The molecule has 0 aliphatic rings. The lowest BCUT2D eigenvalue weighted by Gasteiger charge is -2.21. The Balaban J connectivity index is 2.71. The predicted molar refractivity (Wildman–Crippen MR) is 64.6 cm³/mol. The molecule has 0 aromatic carbocycles. The summed E-state index contributed by atoms with van der Waals surface area (Å²) in [5.74, 6) is -0.541. The van der Waals surface area contributed by atoms with Crippen LogP contribution in [0.25, 0.3) is 0 Å². The topological polar surface area (TPSA) is 94.3 Å². The lowest BCUT2D eigenvalue weighted by Crippen LogP contribution is -2.31. The number of hydrogen-bond acceptors (Lipinski definition) is 6. The number of ether oxygens (including phenoxy) is 1. The van der Waals surface area contributed by atoms with Crippen molar-refractivity contribution in [2.45, 2.75) is 32.4 Å². The highest BCUT2D eigenvalue weighted by molar-refractivity contribution is 7.13. The fourth-order valence-electron chi connectivity index (χ4n) is 1.03. The highest BCUT2D eigenvalue weighted by Gasteiger charge is 2.25. The Labute approximate surface area is 103 Å². The van der Waals surface area contributed by atoms with E-state index in [0.29, 0.717) is 17.2 Å². The third-order valence-corrected chi connectivity index (χ3v) is 2.48. The first kappa shape index (κ1) is 13.6. The van der Waals surface area contributed by atoms with Crippen LogP contribution in [-0.4, -0.2) is 23.0 Å². The van der Waals surface area contributed by atoms with Gasteiger partial charge in [0.05, 0.1) is 5.69 Å². The zero-order valence-corrected chi connectivity index (χ0v) is 10.7. The molecule has 17 heavy (non-hydrogen) atoms. The molecule has 1 aromatic heterocycles. The van der Waals surface area contributed by atoms with Crippen LogP contribution >= 0.6 is 11.3 Å². The SMILES string of the molecule is CC(C)(C)OC(=O)C(N)c1csc(NC=O)n1. The van der Waals surface area contributed by atoms with Gasteiger partial charge in [0.25, 0.3) is 0 Å². The van der Waals surface area contributed by atoms with Crippen molar-refractivity contribution >= 4 is 28.8 Å². The van der Waals surface area contributed by atoms with Gasteiger partial charge in [-0.15, -0.1) is 11.3 Å². The third kappa shape index (κ3) is 4.12. The summed E-state index contributed by atoms with van der Waals surface area (Å²) in [6.45, 7) is 5.29. The molecule has 0 saturated carbocycles. The maximum atomic E-state index is 11.7. The molecule has 6 nitrogen and oxygen atoms in total. The number of carbonyl (C=O) groups is 2. The number of rotatable bonds is 4. The van der Waals surface area contributed by atoms with Gasteiger partial charge in [0.1, 0.15) is 11.6 Å². The predicted octanol–water partition coefficient (Wildman–Crippen LogP) is 1.05. The number of hydrogen-bond donors (Lipinski definition) is 2. The van der Waals surface area contributed by atoms with Crippen LogP contribution in [0, 0.1) is 0 Å². The van der Waals surface area contributed by atoms with E-state index in [4.69, 9.17) is 10.5 Å². The molecule has 1 rings (SSSR count). The molecule has 1 heterocycles. The summed E-state index contributed by atoms with van der Waals surface area (Å²) in [4.78, 5) is 25.9. The highest BCUT2D eigenvalue weighted by atomic mass is 32.1.